The Balaban J connectivity index is 1.82. The van der Waals surface area contributed by atoms with E-state index in [0.717, 1.165) is 0 Å². The molecule has 2 heterocycles. The molecule has 0 aliphatic heterocycles. The van der Waals surface area contributed by atoms with Crippen LogP contribution in [0.5, 0.6) is 5.88 Å². The molecule has 0 saturated heterocycles. The fraction of sp³-hybridized carbons (Fsp3) is 0.273. The maximum atomic E-state index is 11.8. The monoisotopic (exact) mass is 314 g/mol. The van der Waals surface area contributed by atoms with Gasteiger partial charge in [-0.2, -0.15) is 4.98 Å². The van der Waals surface area contributed by atoms with E-state index in [1.54, 1.807) is 29.8 Å². The largest absolute Gasteiger partial charge is 0.481 e. The van der Waals surface area contributed by atoms with E-state index in [4.69, 9.17) is 4.74 Å². The van der Waals surface area contributed by atoms with Crippen LogP contribution in [0, 0.1) is 0 Å². The van der Waals surface area contributed by atoms with Crippen LogP contribution >= 0.6 is 11.3 Å². The van der Waals surface area contributed by atoms with E-state index >= 15 is 0 Å². The van der Waals surface area contributed by atoms with Crippen LogP contribution in [0.3, 0.4) is 0 Å². The lowest BCUT2D eigenvalue weighted by Crippen LogP contribution is -2.28. The van der Waals surface area contributed by atoms with Gasteiger partial charge in [0.25, 0.3) is 0 Å². The lowest BCUT2D eigenvalue weighted by Gasteiger charge is -2.07. The molecule has 0 amide bonds. The summed E-state index contributed by atoms with van der Waals surface area (Å²) in [4.78, 5) is 8.05. The highest BCUT2D eigenvalue weighted by atomic mass is 32.2. The molecule has 108 valence electrons. The van der Waals surface area contributed by atoms with E-state index in [2.05, 4.69) is 20.0 Å². The molecule has 2 aromatic heterocycles. The van der Waals surface area contributed by atoms with Crippen molar-refractivity contribution in [3.8, 4) is 5.88 Å². The minimum absolute atomic E-state index is 0.237. The van der Waals surface area contributed by atoms with Gasteiger partial charge in [-0.15, -0.1) is 11.3 Å². The molecule has 2 N–H and O–H groups in total. The predicted octanol–water partition coefficient (Wildman–Crippen LogP) is 0.937. The summed E-state index contributed by atoms with van der Waals surface area (Å²) in [6.07, 6.45) is 1.56. The molecule has 2 rings (SSSR count). The van der Waals surface area contributed by atoms with Crippen LogP contribution < -0.4 is 14.8 Å². The minimum Gasteiger partial charge on any atom is -0.481 e. The molecule has 2 aromatic rings. The molecule has 0 aromatic carbocycles. The Morgan fingerprint density at radius 1 is 1.35 bits per heavy atom. The standard InChI is InChI=1S/C11H14N4O3S2/c1-18-9-4-5-12-11(15-9)13-6-7-14-20(16,17)10-3-2-8-19-10/h2-5,8,14H,6-7H2,1H3,(H,12,13,15). The summed E-state index contributed by atoms with van der Waals surface area (Å²) >= 11 is 1.18. The number of ether oxygens (including phenoxy) is 1. The van der Waals surface area contributed by atoms with Crippen LogP contribution in [-0.2, 0) is 10.0 Å². The van der Waals surface area contributed by atoms with Gasteiger partial charge in [0, 0.05) is 25.4 Å². The van der Waals surface area contributed by atoms with Gasteiger partial charge in [0.2, 0.25) is 21.9 Å². The second kappa shape index (κ2) is 6.64. The summed E-state index contributed by atoms with van der Waals surface area (Å²) in [7, 11) is -1.91. The molecule has 9 heteroatoms. The average Bonchev–Trinajstić information content (AvgIpc) is 2.99. The highest BCUT2D eigenvalue weighted by Gasteiger charge is 2.13. The van der Waals surface area contributed by atoms with Crippen molar-refractivity contribution in [2.24, 2.45) is 0 Å². The predicted molar refractivity (Wildman–Crippen MR) is 76.6 cm³/mol. The number of hydrogen-bond donors (Lipinski definition) is 2. The molecular formula is C11H14N4O3S2. The maximum absolute atomic E-state index is 11.8. The van der Waals surface area contributed by atoms with Crippen molar-refractivity contribution >= 4 is 27.3 Å². The number of hydrogen-bond acceptors (Lipinski definition) is 7. The van der Waals surface area contributed by atoms with Crippen LogP contribution in [0.1, 0.15) is 0 Å². The van der Waals surface area contributed by atoms with Gasteiger partial charge >= 0.3 is 0 Å². The fourth-order valence-electron chi connectivity index (χ4n) is 1.39. The van der Waals surface area contributed by atoms with Crippen LogP contribution in [0.2, 0.25) is 0 Å². The third-order valence-corrected chi connectivity index (χ3v) is 5.16. The van der Waals surface area contributed by atoms with E-state index in [0.29, 0.717) is 22.6 Å². The first-order valence-electron chi connectivity index (χ1n) is 5.76. The lowest BCUT2D eigenvalue weighted by atomic mass is 10.6. The van der Waals surface area contributed by atoms with Crippen LogP contribution in [0.25, 0.3) is 0 Å². The zero-order valence-corrected chi connectivity index (χ0v) is 12.4. The molecule has 0 aliphatic carbocycles. The lowest BCUT2D eigenvalue weighted by molar-refractivity contribution is 0.397. The topological polar surface area (TPSA) is 93.2 Å². The van der Waals surface area contributed by atoms with Gasteiger partial charge in [0.15, 0.2) is 0 Å². The Kier molecular flexibility index (Phi) is 4.88. The van der Waals surface area contributed by atoms with Crippen molar-refractivity contribution in [3.05, 3.63) is 29.8 Å². The SMILES string of the molecule is COc1ccnc(NCCNS(=O)(=O)c2cccs2)n1. The molecule has 0 unspecified atom stereocenters. The van der Waals surface area contributed by atoms with Gasteiger partial charge in [-0.1, -0.05) is 6.07 Å². The van der Waals surface area contributed by atoms with E-state index in [1.807, 2.05) is 0 Å². The van der Waals surface area contributed by atoms with Gasteiger partial charge in [-0.25, -0.2) is 18.1 Å². The second-order valence-electron chi connectivity index (χ2n) is 3.68. The molecule has 0 fully saturated rings. The smallest absolute Gasteiger partial charge is 0.250 e. The van der Waals surface area contributed by atoms with E-state index in [1.165, 1.54) is 18.4 Å². The molecule has 0 saturated carbocycles. The fourth-order valence-corrected chi connectivity index (χ4v) is 3.46. The molecular weight excluding hydrogens is 300 g/mol. The first kappa shape index (κ1) is 14.7. The highest BCUT2D eigenvalue weighted by Crippen LogP contribution is 2.14. The molecule has 0 bridgehead atoms. The number of sulfonamides is 1. The summed E-state index contributed by atoms with van der Waals surface area (Å²) in [5.41, 5.74) is 0. The van der Waals surface area contributed by atoms with E-state index in [9.17, 15) is 8.42 Å². The summed E-state index contributed by atoms with van der Waals surface area (Å²) in [6, 6.07) is 4.89. The van der Waals surface area contributed by atoms with Crippen molar-refractivity contribution in [1.82, 2.24) is 14.7 Å². The Morgan fingerprint density at radius 2 is 2.20 bits per heavy atom. The summed E-state index contributed by atoms with van der Waals surface area (Å²) in [5.74, 6) is 0.835. The second-order valence-corrected chi connectivity index (χ2v) is 6.62. The summed E-state index contributed by atoms with van der Waals surface area (Å²) < 4.78 is 31.4. The molecule has 0 aliphatic rings. The number of methoxy groups -OCH3 is 1. The molecule has 7 nitrogen and oxygen atoms in total. The average molecular weight is 314 g/mol. The number of anilines is 1. The Morgan fingerprint density at radius 3 is 2.90 bits per heavy atom. The molecule has 0 atom stereocenters. The first-order chi connectivity index (χ1) is 9.62. The number of nitrogens with zero attached hydrogens (tertiary/aromatic N) is 2. The van der Waals surface area contributed by atoms with Gasteiger partial charge in [-0.05, 0) is 11.4 Å². The third kappa shape index (κ3) is 3.89. The van der Waals surface area contributed by atoms with Crippen LogP contribution in [-0.4, -0.2) is 38.6 Å². The zero-order valence-electron chi connectivity index (χ0n) is 10.7. The maximum Gasteiger partial charge on any atom is 0.250 e. The quantitative estimate of drug-likeness (QED) is 0.739. The summed E-state index contributed by atoms with van der Waals surface area (Å²) in [5, 5.41) is 4.63. The number of thiophene rings is 1. The number of aromatic nitrogens is 2. The first-order valence-corrected chi connectivity index (χ1v) is 8.12. The van der Waals surface area contributed by atoms with Crippen molar-refractivity contribution in [2.45, 2.75) is 4.21 Å². The number of nitrogens with one attached hydrogen (secondary N) is 2. The van der Waals surface area contributed by atoms with Gasteiger partial charge < -0.3 is 10.1 Å². The van der Waals surface area contributed by atoms with E-state index in [-0.39, 0.29) is 6.54 Å². The Bertz CT molecular complexity index is 643. The molecule has 0 radical (unpaired) electrons. The summed E-state index contributed by atoms with van der Waals surface area (Å²) in [6.45, 7) is 0.610. The van der Waals surface area contributed by atoms with Crippen LogP contribution in [0.4, 0.5) is 5.95 Å². The number of rotatable bonds is 7. The highest BCUT2D eigenvalue weighted by molar-refractivity contribution is 7.91. The van der Waals surface area contributed by atoms with Crippen molar-refractivity contribution in [3.63, 3.8) is 0 Å². The van der Waals surface area contributed by atoms with Crippen molar-refractivity contribution in [2.75, 3.05) is 25.5 Å². The van der Waals surface area contributed by atoms with Crippen molar-refractivity contribution < 1.29 is 13.2 Å². The van der Waals surface area contributed by atoms with Gasteiger partial charge in [-0.3, -0.25) is 0 Å². The Hall–Kier alpha value is -1.71. The van der Waals surface area contributed by atoms with Gasteiger partial charge in [0.1, 0.15) is 4.21 Å². The Labute approximate surface area is 121 Å². The van der Waals surface area contributed by atoms with Crippen LogP contribution in [0.15, 0.2) is 34.0 Å². The third-order valence-electron chi connectivity index (χ3n) is 2.30. The van der Waals surface area contributed by atoms with Crippen molar-refractivity contribution in [1.29, 1.82) is 0 Å². The zero-order chi connectivity index (χ0) is 14.4. The minimum atomic E-state index is -3.42. The normalized spacial score (nSPS) is 11.2. The molecule has 20 heavy (non-hydrogen) atoms. The molecule has 0 spiro atoms. The van der Waals surface area contributed by atoms with E-state index < -0.39 is 10.0 Å². The van der Waals surface area contributed by atoms with Gasteiger partial charge in [0.05, 0.1) is 7.11 Å².